The Morgan fingerprint density at radius 3 is 2.70 bits per heavy atom. The van der Waals surface area contributed by atoms with Crippen molar-refractivity contribution in [3.63, 3.8) is 0 Å². The number of nitrogens with one attached hydrogen (secondary N) is 2. The van der Waals surface area contributed by atoms with E-state index in [4.69, 9.17) is 4.42 Å². The molecule has 0 saturated heterocycles. The fourth-order valence-electron chi connectivity index (χ4n) is 1.43. The molecular weight excluding hydrogens is 331 g/mol. The van der Waals surface area contributed by atoms with E-state index in [-0.39, 0.29) is 12.2 Å². The zero-order valence-corrected chi connectivity index (χ0v) is 11.7. The number of carbonyl (C=O) groups is 2. The number of furan rings is 1. The lowest BCUT2D eigenvalue weighted by atomic mass is 10.3. The van der Waals surface area contributed by atoms with Gasteiger partial charge in [0.1, 0.15) is 11.6 Å². The standard InChI is InChI=1S/C13H10BrFN2O3/c14-8-3-4-11(10(15)6-8)17-13(19)12(18)16-7-9-2-1-5-20-9/h1-6H,7H2,(H,16,18)(H,17,19). The summed E-state index contributed by atoms with van der Waals surface area (Å²) in [6.07, 6.45) is 1.46. The van der Waals surface area contributed by atoms with Crippen molar-refractivity contribution in [2.45, 2.75) is 6.54 Å². The molecule has 2 amide bonds. The number of hydrogen-bond acceptors (Lipinski definition) is 3. The number of anilines is 1. The number of carbonyl (C=O) groups excluding carboxylic acids is 2. The van der Waals surface area contributed by atoms with Gasteiger partial charge in [0.05, 0.1) is 18.5 Å². The molecule has 0 fully saturated rings. The van der Waals surface area contributed by atoms with Gasteiger partial charge in [-0.25, -0.2) is 4.39 Å². The number of amides is 2. The zero-order valence-electron chi connectivity index (χ0n) is 10.2. The Hall–Kier alpha value is -2.15. The largest absolute Gasteiger partial charge is 0.467 e. The second kappa shape index (κ2) is 6.33. The Bertz CT molecular complexity index is 629. The van der Waals surface area contributed by atoms with Gasteiger partial charge in [-0.05, 0) is 30.3 Å². The van der Waals surface area contributed by atoms with Crippen molar-refractivity contribution in [3.05, 3.63) is 52.6 Å². The molecule has 20 heavy (non-hydrogen) atoms. The minimum Gasteiger partial charge on any atom is -0.467 e. The summed E-state index contributed by atoms with van der Waals surface area (Å²) in [6, 6.07) is 7.43. The molecule has 0 spiro atoms. The molecule has 2 rings (SSSR count). The average molecular weight is 341 g/mol. The summed E-state index contributed by atoms with van der Waals surface area (Å²) >= 11 is 3.10. The van der Waals surface area contributed by atoms with Gasteiger partial charge in [0, 0.05) is 4.47 Å². The summed E-state index contributed by atoms with van der Waals surface area (Å²) in [6.45, 7) is 0.0854. The molecule has 0 radical (unpaired) electrons. The summed E-state index contributed by atoms with van der Waals surface area (Å²) in [5.74, 6) is -1.94. The summed E-state index contributed by atoms with van der Waals surface area (Å²) in [7, 11) is 0. The third kappa shape index (κ3) is 3.67. The van der Waals surface area contributed by atoms with Gasteiger partial charge in [-0.1, -0.05) is 15.9 Å². The van der Waals surface area contributed by atoms with Crippen LogP contribution in [0.2, 0.25) is 0 Å². The lowest BCUT2D eigenvalue weighted by molar-refractivity contribution is -0.136. The van der Waals surface area contributed by atoms with Gasteiger partial charge in [0.15, 0.2) is 0 Å². The molecule has 7 heteroatoms. The molecule has 0 aliphatic rings. The van der Waals surface area contributed by atoms with Crippen LogP contribution in [0.25, 0.3) is 0 Å². The van der Waals surface area contributed by atoms with E-state index in [0.29, 0.717) is 10.2 Å². The summed E-state index contributed by atoms with van der Waals surface area (Å²) in [5, 5.41) is 4.55. The van der Waals surface area contributed by atoms with Crippen LogP contribution in [0.4, 0.5) is 10.1 Å². The van der Waals surface area contributed by atoms with Crippen molar-refractivity contribution in [3.8, 4) is 0 Å². The van der Waals surface area contributed by atoms with E-state index in [1.54, 1.807) is 18.2 Å². The average Bonchev–Trinajstić information content (AvgIpc) is 2.92. The third-order valence-electron chi connectivity index (χ3n) is 2.39. The van der Waals surface area contributed by atoms with Crippen LogP contribution < -0.4 is 10.6 Å². The highest BCUT2D eigenvalue weighted by atomic mass is 79.9. The Balaban J connectivity index is 1.92. The van der Waals surface area contributed by atoms with Crippen molar-refractivity contribution >= 4 is 33.4 Å². The van der Waals surface area contributed by atoms with Crippen LogP contribution in [0.1, 0.15) is 5.76 Å². The Morgan fingerprint density at radius 1 is 1.25 bits per heavy atom. The van der Waals surface area contributed by atoms with Gasteiger partial charge in [-0.2, -0.15) is 0 Å². The Morgan fingerprint density at radius 2 is 2.05 bits per heavy atom. The molecule has 5 nitrogen and oxygen atoms in total. The molecule has 1 heterocycles. The van der Waals surface area contributed by atoms with Crippen LogP contribution in [-0.2, 0) is 16.1 Å². The minimum absolute atomic E-state index is 0.0636. The molecule has 1 aromatic heterocycles. The van der Waals surface area contributed by atoms with Gasteiger partial charge in [0.2, 0.25) is 0 Å². The highest BCUT2D eigenvalue weighted by Gasteiger charge is 2.15. The van der Waals surface area contributed by atoms with Gasteiger partial charge in [-0.15, -0.1) is 0 Å². The maximum Gasteiger partial charge on any atom is 0.313 e. The SMILES string of the molecule is O=C(NCc1ccco1)C(=O)Nc1ccc(Br)cc1F. The van der Waals surface area contributed by atoms with Gasteiger partial charge in [0.25, 0.3) is 0 Å². The Kier molecular flexibility index (Phi) is 4.52. The second-order valence-corrected chi connectivity index (χ2v) is 4.76. The lowest BCUT2D eigenvalue weighted by Crippen LogP contribution is -2.35. The number of rotatable bonds is 3. The van der Waals surface area contributed by atoms with Crippen molar-refractivity contribution in [2.75, 3.05) is 5.32 Å². The number of halogens is 2. The smallest absolute Gasteiger partial charge is 0.313 e. The van der Waals surface area contributed by atoms with Crippen LogP contribution in [0.3, 0.4) is 0 Å². The van der Waals surface area contributed by atoms with E-state index in [1.807, 2.05) is 0 Å². The molecule has 2 aromatic rings. The molecule has 0 bridgehead atoms. The monoisotopic (exact) mass is 340 g/mol. The molecule has 0 saturated carbocycles. The van der Waals surface area contributed by atoms with E-state index >= 15 is 0 Å². The molecule has 0 aliphatic heterocycles. The van der Waals surface area contributed by atoms with Crippen molar-refractivity contribution in [1.82, 2.24) is 5.32 Å². The van der Waals surface area contributed by atoms with E-state index < -0.39 is 17.6 Å². The van der Waals surface area contributed by atoms with Gasteiger partial charge >= 0.3 is 11.8 Å². The topological polar surface area (TPSA) is 71.3 Å². The van der Waals surface area contributed by atoms with Crippen LogP contribution >= 0.6 is 15.9 Å². The van der Waals surface area contributed by atoms with Crippen molar-refractivity contribution in [2.24, 2.45) is 0 Å². The predicted molar refractivity (Wildman–Crippen MR) is 73.3 cm³/mol. The van der Waals surface area contributed by atoms with Crippen LogP contribution in [0.15, 0.2) is 45.5 Å². The molecule has 0 unspecified atom stereocenters. The molecule has 104 valence electrons. The first kappa shape index (κ1) is 14.3. The number of hydrogen-bond donors (Lipinski definition) is 2. The van der Waals surface area contributed by atoms with Crippen LogP contribution in [0, 0.1) is 5.82 Å². The minimum atomic E-state index is -0.947. The predicted octanol–water partition coefficient (Wildman–Crippen LogP) is 2.44. The van der Waals surface area contributed by atoms with Crippen LogP contribution in [-0.4, -0.2) is 11.8 Å². The Labute approximate surface area is 122 Å². The molecule has 2 N–H and O–H groups in total. The fraction of sp³-hybridized carbons (Fsp3) is 0.0769. The van der Waals surface area contributed by atoms with Crippen molar-refractivity contribution in [1.29, 1.82) is 0 Å². The second-order valence-electron chi connectivity index (χ2n) is 3.84. The maximum atomic E-state index is 13.5. The fourth-order valence-corrected chi connectivity index (χ4v) is 1.76. The van der Waals surface area contributed by atoms with E-state index in [0.717, 1.165) is 0 Å². The van der Waals surface area contributed by atoms with Gasteiger partial charge in [-0.3, -0.25) is 9.59 Å². The summed E-state index contributed by atoms with van der Waals surface area (Å²) in [5.41, 5.74) is -0.0636. The first-order chi connectivity index (χ1) is 9.56. The normalized spacial score (nSPS) is 10.1. The first-order valence-corrected chi connectivity index (χ1v) is 6.42. The van der Waals surface area contributed by atoms with Crippen LogP contribution in [0.5, 0.6) is 0 Å². The highest BCUT2D eigenvalue weighted by Crippen LogP contribution is 2.19. The van der Waals surface area contributed by atoms with E-state index in [9.17, 15) is 14.0 Å². The first-order valence-electron chi connectivity index (χ1n) is 5.63. The summed E-state index contributed by atoms with van der Waals surface area (Å²) in [4.78, 5) is 23.1. The molecular formula is C13H10BrFN2O3. The molecule has 0 aliphatic carbocycles. The zero-order chi connectivity index (χ0) is 14.5. The highest BCUT2D eigenvalue weighted by molar-refractivity contribution is 9.10. The van der Waals surface area contributed by atoms with E-state index in [2.05, 4.69) is 26.6 Å². The number of benzene rings is 1. The summed E-state index contributed by atoms with van der Waals surface area (Å²) < 4.78 is 19.0. The quantitative estimate of drug-likeness (QED) is 0.843. The molecule has 0 atom stereocenters. The maximum absolute atomic E-state index is 13.5. The van der Waals surface area contributed by atoms with Gasteiger partial charge < -0.3 is 15.1 Å². The third-order valence-corrected chi connectivity index (χ3v) is 2.88. The van der Waals surface area contributed by atoms with E-state index in [1.165, 1.54) is 18.4 Å². The molecule has 1 aromatic carbocycles. The lowest BCUT2D eigenvalue weighted by Gasteiger charge is -2.06. The van der Waals surface area contributed by atoms with Crippen molar-refractivity contribution < 1.29 is 18.4 Å².